The topological polar surface area (TPSA) is 29.0 Å². The zero-order valence-electron chi connectivity index (χ0n) is 8.74. The molecule has 5 heteroatoms. The highest BCUT2D eigenvalue weighted by Gasteiger charge is 2.17. The molecule has 0 atom stereocenters. The van der Waals surface area contributed by atoms with Crippen LogP contribution in [0.15, 0.2) is 6.33 Å². The number of anilines is 1. The van der Waals surface area contributed by atoms with Gasteiger partial charge in [0.05, 0.1) is 11.6 Å². The molecule has 15 heavy (non-hydrogen) atoms. The fourth-order valence-corrected chi connectivity index (χ4v) is 2.13. The molecule has 1 aromatic rings. The van der Waals surface area contributed by atoms with Gasteiger partial charge in [0.15, 0.2) is 0 Å². The van der Waals surface area contributed by atoms with Gasteiger partial charge in [-0.3, -0.25) is 0 Å². The highest BCUT2D eigenvalue weighted by Crippen LogP contribution is 2.23. The largest absolute Gasteiger partial charge is 0.356 e. The number of hydrogen-bond donors (Lipinski definition) is 0. The van der Waals surface area contributed by atoms with Crippen molar-refractivity contribution in [3.63, 3.8) is 0 Å². The number of nitrogens with zero attached hydrogens (tertiary/aromatic N) is 3. The molecule has 0 bridgehead atoms. The first-order valence-corrected chi connectivity index (χ1v) is 5.48. The first kappa shape index (κ1) is 12.5. The first-order chi connectivity index (χ1) is 6.83. The maximum absolute atomic E-state index is 5.80. The summed E-state index contributed by atoms with van der Waals surface area (Å²) in [6.07, 6.45) is 4.14. The number of alkyl halides is 1. The van der Waals surface area contributed by atoms with Crippen LogP contribution in [-0.4, -0.2) is 23.1 Å². The van der Waals surface area contributed by atoms with E-state index in [0.29, 0.717) is 5.88 Å². The Balaban J connectivity index is 0.00000112. The number of halogens is 2. The van der Waals surface area contributed by atoms with Crippen LogP contribution in [0, 0.1) is 6.92 Å². The van der Waals surface area contributed by atoms with E-state index in [9.17, 15) is 0 Å². The summed E-state index contributed by atoms with van der Waals surface area (Å²) in [6, 6.07) is 0. The monoisotopic (exact) mass is 247 g/mol. The van der Waals surface area contributed by atoms with E-state index in [2.05, 4.69) is 14.9 Å². The lowest BCUT2D eigenvalue weighted by Crippen LogP contribution is -2.20. The summed E-state index contributed by atoms with van der Waals surface area (Å²) >= 11 is 5.80. The number of rotatable bonds is 2. The quantitative estimate of drug-likeness (QED) is 0.753. The second kappa shape index (κ2) is 5.52. The molecular weight excluding hydrogens is 233 g/mol. The Morgan fingerprint density at radius 2 is 2.00 bits per heavy atom. The smallest absolute Gasteiger partial charge is 0.135 e. The van der Waals surface area contributed by atoms with Crippen molar-refractivity contribution in [2.24, 2.45) is 0 Å². The molecule has 0 radical (unpaired) electrons. The molecule has 1 aliphatic heterocycles. The van der Waals surface area contributed by atoms with Crippen LogP contribution in [0.5, 0.6) is 0 Å². The van der Waals surface area contributed by atoms with E-state index >= 15 is 0 Å². The molecule has 1 saturated heterocycles. The number of hydrogen-bond acceptors (Lipinski definition) is 3. The normalized spacial score (nSPS) is 15.2. The zero-order valence-corrected chi connectivity index (χ0v) is 10.3. The van der Waals surface area contributed by atoms with Gasteiger partial charge in [-0.25, -0.2) is 9.97 Å². The Labute approximate surface area is 101 Å². The SMILES string of the molecule is Cc1c(CCl)ncnc1N1CCCC1.Cl. The van der Waals surface area contributed by atoms with Gasteiger partial charge in [-0.05, 0) is 19.8 Å². The van der Waals surface area contributed by atoms with E-state index < -0.39 is 0 Å². The molecule has 0 spiro atoms. The van der Waals surface area contributed by atoms with Crippen LogP contribution in [0.4, 0.5) is 5.82 Å². The lowest BCUT2D eigenvalue weighted by atomic mass is 10.2. The van der Waals surface area contributed by atoms with Gasteiger partial charge in [0, 0.05) is 18.7 Å². The van der Waals surface area contributed by atoms with Gasteiger partial charge in [-0.15, -0.1) is 24.0 Å². The zero-order chi connectivity index (χ0) is 9.97. The van der Waals surface area contributed by atoms with Crippen LogP contribution in [0.3, 0.4) is 0 Å². The first-order valence-electron chi connectivity index (χ1n) is 4.94. The van der Waals surface area contributed by atoms with Gasteiger partial charge in [0.25, 0.3) is 0 Å². The minimum Gasteiger partial charge on any atom is -0.356 e. The van der Waals surface area contributed by atoms with Gasteiger partial charge in [0.1, 0.15) is 12.1 Å². The molecule has 2 rings (SSSR count). The molecule has 0 aromatic carbocycles. The van der Waals surface area contributed by atoms with Crippen LogP contribution in [0.1, 0.15) is 24.1 Å². The van der Waals surface area contributed by atoms with Gasteiger partial charge >= 0.3 is 0 Å². The summed E-state index contributed by atoms with van der Waals surface area (Å²) in [5.74, 6) is 1.53. The fourth-order valence-electron chi connectivity index (χ4n) is 1.86. The van der Waals surface area contributed by atoms with Gasteiger partial charge in [0.2, 0.25) is 0 Å². The molecule has 0 saturated carbocycles. The van der Waals surface area contributed by atoms with Gasteiger partial charge in [-0.1, -0.05) is 0 Å². The molecule has 0 aliphatic carbocycles. The third kappa shape index (κ3) is 2.52. The standard InChI is InChI=1S/C10H14ClN3.ClH/c1-8-9(6-11)12-7-13-10(8)14-4-2-3-5-14;/h7H,2-6H2,1H3;1H. The van der Waals surface area contributed by atoms with E-state index in [0.717, 1.165) is 30.2 Å². The summed E-state index contributed by atoms with van der Waals surface area (Å²) in [6.45, 7) is 4.27. The Bertz CT molecular complexity index is 324. The van der Waals surface area contributed by atoms with Gasteiger partial charge < -0.3 is 4.90 Å². The average molecular weight is 248 g/mol. The highest BCUT2D eigenvalue weighted by atomic mass is 35.5. The minimum atomic E-state index is 0. The molecule has 0 unspecified atom stereocenters. The summed E-state index contributed by atoms with van der Waals surface area (Å²) in [4.78, 5) is 10.8. The van der Waals surface area contributed by atoms with Crippen molar-refractivity contribution in [1.29, 1.82) is 0 Å². The van der Waals surface area contributed by atoms with Crippen LogP contribution in [-0.2, 0) is 5.88 Å². The maximum Gasteiger partial charge on any atom is 0.135 e. The second-order valence-electron chi connectivity index (χ2n) is 3.60. The van der Waals surface area contributed by atoms with E-state index in [-0.39, 0.29) is 12.4 Å². The fraction of sp³-hybridized carbons (Fsp3) is 0.600. The Morgan fingerprint density at radius 3 is 2.60 bits per heavy atom. The Hall–Kier alpha value is -0.540. The third-order valence-corrected chi connectivity index (χ3v) is 2.95. The van der Waals surface area contributed by atoms with E-state index in [1.54, 1.807) is 6.33 Å². The van der Waals surface area contributed by atoms with Crippen LogP contribution < -0.4 is 4.90 Å². The van der Waals surface area contributed by atoms with Crippen molar-refractivity contribution >= 4 is 29.8 Å². The van der Waals surface area contributed by atoms with Crippen LogP contribution >= 0.6 is 24.0 Å². The average Bonchev–Trinajstić information content (AvgIpc) is 2.71. The van der Waals surface area contributed by atoms with Crippen LogP contribution in [0.25, 0.3) is 0 Å². The number of aromatic nitrogens is 2. The van der Waals surface area contributed by atoms with Crippen molar-refractivity contribution in [2.45, 2.75) is 25.6 Å². The van der Waals surface area contributed by atoms with Crippen molar-refractivity contribution in [3.8, 4) is 0 Å². The molecule has 2 heterocycles. The summed E-state index contributed by atoms with van der Waals surface area (Å²) in [5.41, 5.74) is 2.08. The molecule has 84 valence electrons. The van der Waals surface area contributed by atoms with E-state index in [1.807, 2.05) is 6.92 Å². The van der Waals surface area contributed by atoms with Gasteiger partial charge in [-0.2, -0.15) is 0 Å². The lowest BCUT2D eigenvalue weighted by Gasteiger charge is -2.19. The maximum atomic E-state index is 5.80. The molecule has 0 N–H and O–H groups in total. The van der Waals surface area contributed by atoms with Crippen molar-refractivity contribution < 1.29 is 0 Å². The summed E-state index contributed by atoms with van der Waals surface area (Å²) in [7, 11) is 0. The van der Waals surface area contributed by atoms with Crippen molar-refractivity contribution in [3.05, 3.63) is 17.6 Å². The Morgan fingerprint density at radius 1 is 1.33 bits per heavy atom. The van der Waals surface area contributed by atoms with E-state index in [1.165, 1.54) is 12.8 Å². The molecular formula is C10H15Cl2N3. The minimum absolute atomic E-state index is 0. The molecule has 0 amide bonds. The molecule has 1 aromatic heterocycles. The second-order valence-corrected chi connectivity index (χ2v) is 3.86. The predicted octanol–water partition coefficient (Wildman–Crippen LogP) is 2.55. The van der Waals surface area contributed by atoms with Crippen molar-refractivity contribution in [2.75, 3.05) is 18.0 Å². The highest BCUT2D eigenvalue weighted by molar-refractivity contribution is 6.17. The summed E-state index contributed by atoms with van der Waals surface area (Å²) < 4.78 is 0. The predicted molar refractivity (Wildman–Crippen MR) is 65.0 cm³/mol. The lowest BCUT2D eigenvalue weighted by molar-refractivity contribution is 0.903. The van der Waals surface area contributed by atoms with Crippen LogP contribution in [0.2, 0.25) is 0 Å². The van der Waals surface area contributed by atoms with E-state index in [4.69, 9.17) is 11.6 Å². The molecule has 1 fully saturated rings. The Kier molecular flexibility index (Phi) is 4.61. The summed E-state index contributed by atoms with van der Waals surface area (Å²) in [5, 5.41) is 0. The van der Waals surface area contributed by atoms with Crippen molar-refractivity contribution in [1.82, 2.24) is 9.97 Å². The molecule has 1 aliphatic rings. The molecule has 3 nitrogen and oxygen atoms in total. The third-order valence-electron chi connectivity index (χ3n) is 2.69.